The molecule has 0 bridgehead atoms. The highest BCUT2D eigenvalue weighted by Crippen LogP contribution is 2.11. The summed E-state index contributed by atoms with van der Waals surface area (Å²) in [5.74, 6) is -2.02. The first kappa shape index (κ1) is 12.2. The van der Waals surface area contributed by atoms with Gasteiger partial charge in [0.1, 0.15) is 5.82 Å². The maximum Gasteiger partial charge on any atom is 0.339 e. The summed E-state index contributed by atoms with van der Waals surface area (Å²) in [6.45, 7) is 2.93. The second-order valence-electron chi connectivity index (χ2n) is 3.41. The van der Waals surface area contributed by atoms with Gasteiger partial charge < -0.3 is 10.5 Å². The van der Waals surface area contributed by atoms with E-state index in [2.05, 4.69) is 0 Å². The van der Waals surface area contributed by atoms with Crippen molar-refractivity contribution in [2.45, 2.75) is 20.0 Å². The fraction of sp³-hybridized carbons (Fsp3) is 0.273. The zero-order valence-corrected chi connectivity index (χ0v) is 8.99. The number of hydrogen-bond acceptors (Lipinski definition) is 3. The van der Waals surface area contributed by atoms with Crippen LogP contribution in [0.15, 0.2) is 18.2 Å². The quantitative estimate of drug-likeness (QED) is 0.785. The standard InChI is InChI=1S/C11H12FNO3/c1-6-3-4-8(5-9(6)12)11(15)16-7(2)10(13)14/h3-5,7H,1-2H3,(H2,13,14)/t7-/m1/s1. The summed E-state index contributed by atoms with van der Waals surface area (Å²) in [5.41, 5.74) is 5.41. The van der Waals surface area contributed by atoms with Gasteiger partial charge >= 0.3 is 5.97 Å². The van der Waals surface area contributed by atoms with Crippen molar-refractivity contribution in [2.24, 2.45) is 5.73 Å². The normalized spacial score (nSPS) is 11.9. The van der Waals surface area contributed by atoms with E-state index in [0.717, 1.165) is 6.07 Å². The first-order valence-corrected chi connectivity index (χ1v) is 4.68. The molecule has 16 heavy (non-hydrogen) atoms. The van der Waals surface area contributed by atoms with Crippen molar-refractivity contribution in [3.8, 4) is 0 Å². The average Bonchev–Trinajstić information content (AvgIpc) is 2.21. The fourth-order valence-electron chi connectivity index (χ4n) is 1.01. The van der Waals surface area contributed by atoms with Gasteiger partial charge in [-0.15, -0.1) is 0 Å². The molecule has 0 unspecified atom stereocenters. The molecule has 5 heteroatoms. The van der Waals surface area contributed by atoms with E-state index in [1.807, 2.05) is 0 Å². The number of benzene rings is 1. The van der Waals surface area contributed by atoms with Gasteiger partial charge in [-0.2, -0.15) is 0 Å². The third-order valence-corrected chi connectivity index (χ3v) is 2.09. The lowest BCUT2D eigenvalue weighted by molar-refractivity contribution is -0.125. The highest BCUT2D eigenvalue weighted by atomic mass is 19.1. The topological polar surface area (TPSA) is 69.4 Å². The summed E-state index contributed by atoms with van der Waals surface area (Å²) in [4.78, 5) is 22.1. The Kier molecular flexibility index (Phi) is 3.60. The van der Waals surface area contributed by atoms with E-state index in [-0.39, 0.29) is 5.56 Å². The molecule has 0 saturated heterocycles. The summed E-state index contributed by atoms with van der Waals surface area (Å²) in [5, 5.41) is 0. The van der Waals surface area contributed by atoms with Gasteiger partial charge in [0.05, 0.1) is 5.56 Å². The van der Waals surface area contributed by atoms with E-state index in [1.165, 1.54) is 19.1 Å². The minimum Gasteiger partial charge on any atom is -0.449 e. The van der Waals surface area contributed by atoms with Crippen molar-refractivity contribution in [3.05, 3.63) is 35.1 Å². The van der Waals surface area contributed by atoms with Crippen LogP contribution in [0.2, 0.25) is 0 Å². The van der Waals surface area contributed by atoms with Crippen molar-refractivity contribution in [1.29, 1.82) is 0 Å². The van der Waals surface area contributed by atoms with Crippen molar-refractivity contribution < 1.29 is 18.7 Å². The number of halogens is 1. The van der Waals surface area contributed by atoms with Crippen molar-refractivity contribution in [2.75, 3.05) is 0 Å². The molecule has 4 nitrogen and oxygen atoms in total. The molecule has 1 atom stereocenters. The molecule has 1 aromatic rings. The molecule has 1 rings (SSSR count). The van der Waals surface area contributed by atoms with Crippen LogP contribution in [-0.4, -0.2) is 18.0 Å². The van der Waals surface area contributed by atoms with Crippen LogP contribution in [0.3, 0.4) is 0 Å². The van der Waals surface area contributed by atoms with Gasteiger partial charge in [-0.25, -0.2) is 9.18 Å². The molecule has 0 radical (unpaired) electrons. The smallest absolute Gasteiger partial charge is 0.339 e. The van der Waals surface area contributed by atoms with Crippen LogP contribution in [0, 0.1) is 12.7 Å². The second-order valence-corrected chi connectivity index (χ2v) is 3.41. The zero-order chi connectivity index (χ0) is 12.3. The summed E-state index contributed by atoms with van der Waals surface area (Å²) in [6.07, 6.45) is -1.03. The monoisotopic (exact) mass is 225 g/mol. The van der Waals surface area contributed by atoms with E-state index >= 15 is 0 Å². The number of amides is 1. The third-order valence-electron chi connectivity index (χ3n) is 2.09. The first-order chi connectivity index (χ1) is 7.41. The maximum absolute atomic E-state index is 13.1. The van der Waals surface area contributed by atoms with E-state index < -0.39 is 23.8 Å². The number of hydrogen-bond donors (Lipinski definition) is 1. The van der Waals surface area contributed by atoms with Crippen LogP contribution in [-0.2, 0) is 9.53 Å². The Morgan fingerprint density at radius 3 is 2.56 bits per heavy atom. The number of esters is 1. The number of ether oxygens (including phenoxy) is 1. The molecule has 0 spiro atoms. The van der Waals surface area contributed by atoms with Crippen LogP contribution in [0.25, 0.3) is 0 Å². The zero-order valence-electron chi connectivity index (χ0n) is 8.99. The minimum atomic E-state index is -1.03. The summed E-state index contributed by atoms with van der Waals surface area (Å²) >= 11 is 0. The van der Waals surface area contributed by atoms with Gasteiger partial charge in [0.15, 0.2) is 6.10 Å². The highest BCUT2D eigenvalue weighted by Gasteiger charge is 2.16. The summed E-state index contributed by atoms with van der Waals surface area (Å²) in [7, 11) is 0. The predicted octanol–water partition coefficient (Wildman–Crippen LogP) is 1.16. The lowest BCUT2D eigenvalue weighted by atomic mass is 10.1. The minimum absolute atomic E-state index is 0.0520. The third kappa shape index (κ3) is 2.79. The Bertz CT molecular complexity index is 431. The highest BCUT2D eigenvalue weighted by molar-refractivity contribution is 5.91. The number of carbonyl (C=O) groups excluding carboxylic acids is 2. The van der Waals surface area contributed by atoms with Gasteiger partial charge in [-0.3, -0.25) is 4.79 Å². The molecular formula is C11H12FNO3. The lowest BCUT2D eigenvalue weighted by Gasteiger charge is -2.09. The van der Waals surface area contributed by atoms with Crippen molar-refractivity contribution >= 4 is 11.9 Å². The van der Waals surface area contributed by atoms with E-state index in [4.69, 9.17) is 10.5 Å². The van der Waals surface area contributed by atoms with Crippen molar-refractivity contribution in [1.82, 2.24) is 0 Å². The van der Waals surface area contributed by atoms with Crippen LogP contribution >= 0.6 is 0 Å². The molecule has 0 heterocycles. The molecule has 0 saturated carbocycles. The fourth-order valence-corrected chi connectivity index (χ4v) is 1.01. The van der Waals surface area contributed by atoms with Gasteiger partial charge in [-0.1, -0.05) is 6.07 Å². The lowest BCUT2D eigenvalue weighted by Crippen LogP contribution is -2.30. The molecule has 86 valence electrons. The molecule has 0 aliphatic heterocycles. The Morgan fingerprint density at radius 1 is 1.44 bits per heavy atom. The van der Waals surface area contributed by atoms with Crippen LogP contribution in [0.4, 0.5) is 4.39 Å². The van der Waals surface area contributed by atoms with Crippen LogP contribution in [0.5, 0.6) is 0 Å². The molecule has 0 aliphatic rings. The van der Waals surface area contributed by atoms with Crippen LogP contribution in [0.1, 0.15) is 22.8 Å². The summed E-state index contributed by atoms with van der Waals surface area (Å²) < 4.78 is 17.8. The Labute approximate surface area is 92.2 Å². The SMILES string of the molecule is Cc1ccc(C(=O)O[C@H](C)C(N)=O)cc1F. The number of aryl methyl sites for hydroxylation is 1. The summed E-state index contributed by atoms with van der Waals surface area (Å²) in [6, 6.07) is 3.95. The molecule has 0 aliphatic carbocycles. The molecule has 0 aromatic heterocycles. The second kappa shape index (κ2) is 4.74. The molecule has 1 aromatic carbocycles. The number of rotatable bonds is 3. The Hall–Kier alpha value is -1.91. The maximum atomic E-state index is 13.1. The van der Waals surface area contributed by atoms with Gasteiger partial charge in [0.2, 0.25) is 0 Å². The Morgan fingerprint density at radius 2 is 2.06 bits per heavy atom. The van der Waals surface area contributed by atoms with E-state index in [9.17, 15) is 14.0 Å². The molecule has 1 amide bonds. The number of nitrogens with two attached hydrogens (primary N) is 1. The Balaban J connectivity index is 2.81. The largest absolute Gasteiger partial charge is 0.449 e. The number of primary amides is 1. The van der Waals surface area contributed by atoms with Gasteiger partial charge in [0, 0.05) is 0 Å². The predicted molar refractivity (Wildman–Crippen MR) is 55.2 cm³/mol. The van der Waals surface area contributed by atoms with Gasteiger partial charge in [0.25, 0.3) is 5.91 Å². The van der Waals surface area contributed by atoms with E-state index in [0.29, 0.717) is 5.56 Å². The van der Waals surface area contributed by atoms with Crippen LogP contribution < -0.4 is 5.73 Å². The number of carbonyl (C=O) groups is 2. The van der Waals surface area contributed by atoms with Crippen molar-refractivity contribution in [3.63, 3.8) is 0 Å². The average molecular weight is 225 g/mol. The van der Waals surface area contributed by atoms with E-state index in [1.54, 1.807) is 6.92 Å². The first-order valence-electron chi connectivity index (χ1n) is 4.68. The molecule has 0 fully saturated rings. The van der Waals surface area contributed by atoms with Gasteiger partial charge in [-0.05, 0) is 31.5 Å². The molecule has 2 N–H and O–H groups in total. The molecular weight excluding hydrogens is 213 g/mol.